The summed E-state index contributed by atoms with van der Waals surface area (Å²) in [5.74, 6) is -1.81. The van der Waals surface area contributed by atoms with Crippen molar-refractivity contribution in [3.8, 4) is 6.07 Å². The molecule has 1 aromatic carbocycles. The number of sulfonamides is 1. The third kappa shape index (κ3) is 3.46. The topological polar surface area (TPSA) is 107 Å². The van der Waals surface area contributed by atoms with Crippen LogP contribution in [0.1, 0.15) is 15.9 Å². The fourth-order valence-corrected chi connectivity index (χ4v) is 1.94. The lowest BCUT2D eigenvalue weighted by Gasteiger charge is -2.07. The van der Waals surface area contributed by atoms with E-state index in [2.05, 4.69) is 4.72 Å². The number of aromatic carboxylic acids is 1. The summed E-state index contributed by atoms with van der Waals surface area (Å²) >= 11 is 0. The molecule has 17 heavy (non-hydrogen) atoms. The van der Waals surface area contributed by atoms with Gasteiger partial charge in [0, 0.05) is 5.69 Å². The fourth-order valence-electron chi connectivity index (χ4n) is 1.22. The van der Waals surface area contributed by atoms with Crippen LogP contribution in [-0.2, 0) is 10.0 Å². The van der Waals surface area contributed by atoms with Gasteiger partial charge in [-0.3, -0.25) is 4.72 Å². The minimum Gasteiger partial charge on any atom is -0.478 e. The molecule has 0 unspecified atom stereocenters. The fraction of sp³-hybridized carbons (Fsp3) is 0.200. The number of carboxylic acids is 1. The number of anilines is 1. The number of hydrogen-bond donors (Lipinski definition) is 2. The van der Waals surface area contributed by atoms with Crippen molar-refractivity contribution in [1.29, 1.82) is 5.26 Å². The Morgan fingerprint density at radius 1 is 1.53 bits per heavy atom. The first-order valence-electron chi connectivity index (χ1n) is 4.57. The molecule has 0 heterocycles. The standard InChI is InChI=1S/C10H10N2O4S/c1-7-2-3-8(6-9(7)10(13)14)12-17(15,16)5-4-11/h2-3,6,12H,5H2,1H3,(H,13,14). The molecule has 1 aromatic rings. The number of benzene rings is 1. The van der Waals surface area contributed by atoms with Gasteiger partial charge in [0.25, 0.3) is 0 Å². The summed E-state index contributed by atoms with van der Waals surface area (Å²) in [5, 5.41) is 17.2. The number of carbonyl (C=O) groups is 1. The molecule has 0 bridgehead atoms. The van der Waals surface area contributed by atoms with Gasteiger partial charge in [0.2, 0.25) is 10.0 Å². The van der Waals surface area contributed by atoms with Gasteiger partial charge >= 0.3 is 5.97 Å². The summed E-state index contributed by atoms with van der Waals surface area (Å²) in [6, 6.07) is 5.66. The molecule has 90 valence electrons. The van der Waals surface area contributed by atoms with Crippen molar-refractivity contribution in [3.63, 3.8) is 0 Å². The van der Waals surface area contributed by atoms with Crippen LogP contribution in [-0.4, -0.2) is 25.2 Å². The van der Waals surface area contributed by atoms with E-state index in [0.717, 1.165) is 0 Å². The molecule has 0 spiro atoms. The summed E-state index contributed by atoms with van der Waals surface area (Å²) in [6.07, 6.45) is 0. The molecule has 0 aromatic heterocycles. The number of nitriles is 1. The zero-order chi connectivity index (χ0) is 13.1. The van der Waals surface area contributed by atoms with Crippen LogP contribution < -0.4 is 4.72 Å². The van der Waals surface area contributed by atoms with Crippen molar-refractivity contribution >= 4 is 21.7 Å². The first kappa shape index (κ1) is 13.0. The quantitative estimate of drug-likeness (QED) is 0.832. The highest BCUT2D eigenvalue weighted by molar-refractivity contribution is 7.92. The van der Waals surface area contributed by atoms with Gasteiger partial charge in [-0.25, -0.2) is 13.2 Å². The van der Waals surface area contributed by atoms with E-state index in [1.165, 1.54) is 24.3 Å². The van der Waals surface area contributed by atoms with Crippen molar-refractivity contribution in [2.75, 3.05) is 10.5 Å². The van der Waals surface area contributed by atoms with Gasteiger partial charge in [-0.1, -0.05) is 6.07 Å². The number of nitrogens with one attached hydrogen (secondary N) is 1. The molecule has 0 saturated heterocycles. The zero-order valence-corrected chi connectivity index (χ0v) is 9.78. The first-order valence-corrected chi connectivity index (χ1v) is 6.22. The summed E-state index contributed by atoms with van der Waals surface area (Å²) < 4.78 is 24.7. The van der Waals surface area contributed by atoms with E-state index < -0.39 is 21.7 Å². The first-order chi connectivity index (χ1) is 7.85. The van der Waals surface area contributed by atoms with E-state index in [1.54, 1.807) is 6.92 Å². The van der Waals surface area contributed by atoms with Crippen LogP contribution in [0.2, 0.25) is 0 Å². The Balaban J connectivity index is 3.07. The summed E-state index contributed by atoms with van der Waals surface area (Å²) in [5.41, 5.74) is 0.672. The van der Waals surface area contributed by atoms with Crippen molar-refractivity contribution in [3.05, 3.63) is 29.3 Å². The van der Waals surface area contributed by atoms with Crippen molar-refractivity contribution in [2.24, 2.45) is 0 Å². The molecule has 7 heteroatoms. The van der Waals surface area contributed by atoms with E-state index in [4.69, 9.17) is 10.4 Å². The van der Waals surface area contributed by atoms with E-state index in [1.807, 2.05) is 0 Å². The third-order valence-electron chi connectivity index (χ3n) is 2.00. The normalized spacial score (nSPS) is 10.6. The molecule has 0 radical (unpaired) electrons. The lowest BCUT2D eigenvalue weighted by molar-refractivity contribution is 0.0696. The second kappa shape index (κ2) is 4.84. The smallest absolute Gasteiger partial charge is 0.336 e. The Hall–Kier alpha value is -2.07. The summed E-state index contributed by atoms with van der Waals surface area (Å²) in [7, 11) is -3.74. The number of rotatable bonds is 4. The molecule has 2 N–H and O–H groups in total. The lowest BCUT2D eigenvalue weighted by Crippen LogP contribution is -2.16. The van der Waals surface area contributed by atoms with Gasteiger partial charge in [-0.05, 0) is 24.6 Å². The Labute approximate surface area is 98.6 Å². The van der Waals surface area contributed by atoms with Gasteiger partial charge in [0.15, 0.2) is 5.75 Å². The van der Waals surface area contributed by atoms with Gasteiger partial charge in [-0.15, -0.1) is 0 Å². The second-order valence-electron chi connectivity index (χ2n) is 3.35. The Morgan fingerprint density at radius 2 is 2.18 bits per heavy atom. The van der Waals surface area contributed by atoms with Crippen LogP contribution in [0, 0.1) is 18.3 Å². The average molecular weight is 254 g/mol. The number of hydrogen-bond acceptors (Lipinski definition) is 4. The van der Waals surface area contributed by atoms with E-state index in [-0.39, 0.29) is 11.3 Å². The van der Waals surface area contributed by atoms with E-state index in [9.17, 15) is 13.2 Å². The third-order valence-corrected chi connectivity index (χ3v) is 3.05. The predicted molar refractivity (Wildman–Crippen MR) is 61.2 cm³/mol. The highest BCUT2D eigenvalue weighted by Crippen LogP contribution is 2.16. The molecule has 0 aliphatic heterocycles. The Morgan fingerprint density at radius 3 is 2.71 bits per heavy atom. The van der Waals surface area contributed by atoms with Gasteiger partial charge in [0.05, 0.1) is 11.6 Å². The molecule has 0 saturated carbocycles. The van der Waals surface area contributed by atoms with Crippen molar-refractivity contribution in [1.82, 2.24) is 0 Å². The number of carboxylic acid groups (broad SMARTS) is 1. The van der Waals surface area contributed by atoms with Gasteiger partial charge < -0.3 is 5.11 Å². The van der Waals surface area contributed by atoms with Crippen LogP contribution in [0.25, 0.3) is 0 Å². The van der Waals surface area contributed by atoms with Crippen LogP contribution in [0.5, 0.6) is 0 Å². The Kier molecular flexibility index (Phi) is 3.70. The SMILES string of the molecule is Cc1ccc(NS(=O)(=O)CC#N)cc1C(=O)O. The molecule has 6 nitrogen and oxygen atoms in total. The number of aryl methyl sites for hydroxylation is 1. The lowest BCUT2D eigenvalue weighted by atomic mass is 10.1. The van der Waals surface area contributed by atoms with Gasteiger partial charge in [-0.2, -0.15) is 5.26 Å². The monoisotopic (exact) mass is 254 g/mol. The average Bonchev–Trinajstić information content (AvgIpc) is 2.20. The minimum atomic E-state index is -3.74. The van der Waals surface area contributed by atoms with Crippen molar-refractivity contribution in [2.45, 2.75) is 6.92 Å². The summed E-state index contributed by atoms with van der Waals surface area (Å²) in [4.78, 5) is 10.8. The zero-order valence-electron chi connectivity index (χ0n) is 8.97. The minimum absolute atomic E-state index is 0.0159. The molecule has 0 fully saturated rings. The molecule has 0 aliphatic carbocycles. The van der Waals surface area contributed by atoms with E-state index in [0.29, 0.717) is 5.56 Å². The maximum absolute atomic E-state index is 11.3. The predicted octanol–water partition coefficient (Wildman–Crippen LogP) is 0.958. The molecule has 0 atom stereocenters. The molecule has 1 rings (SSSR count). The van der Waals surface area contributed by atoms with Crippen molar-refractivity contribution < 1.29 is 18.3 Å². The van der Waals surface area contributed by atoms with Crippen LogP contribution in [0.4, 0.5) is 5.69 Å². The van der Waals surface area contributed by atoms with Crippen LogP contribution in [0.3, 0.4) is 0 Å². The maximum atomic E-state index is 11.3. The van der Waals surface area contributed by atoms with Crippen LogP contribution >= 0.6 is 0 Å². The maximum Gasteiger partial charge on any atom is 0.336 e. The highest BCUT2D eigenvalue weighted by atomic mass is 32.2. The van der Waals surface area contributed by atoms with Crippen LogP contribution in [0.15, 0.2) is 18.2 Å². The number of nitrogens with zero attached hydrogens (tertiary/aromatic N) is 1. The largest absolute Gasteiger partial charge is 0.478 e. The molecule has 0 aliphatic rings. The molecular formula is C10H10N2O4S. The second-order valence-corrected chi connectivity index (χ2v) is 5.08. The molecular weight excluding hydrogens is 244 g/mol. The summed E-state index contributed by atoms with van der Waals surface area (Å²) in [6.45, 7) is 1.61. The Bertz CT molecular complexity index is 587. The van der Waals surface area contributed by atoms with E-state index >= 15 is 0 Å². The van der Waals surface area contributed by atoms with Gasteiger partial charge in [0.1, 0.15) is 0 Å². The highest BCUT2D eigenvalue weighted by Gasteiger charge is 2.12. The molecule has 0 amide bonds.